The molecule has 1 fully saturated rings. The maximum atomic E-state index is 10.3. The minimum Gasteiger partial charge on any atom is -0.508 e. The first-order valence-corrected chi connectivity index (χ1v) is 14.4. The summed E-state index contributed by atoms with van der Waals surface area (Å²) in [7, 11) is 0. The Bertz CT molecular complexity index is 1560. The Morgan fingerprint density at radius 3 is 2.49 bits per heavy atom. The number of hydrogen-bond donors (Lipinski definition) is 1. The van der Waals surface area contributed by atoms with Gasteiger partial charge in [0.2, 0.25) is 0 Å². The first-order valence-electron chi connectivity index (χ1n) is 14.4. The molecule has 4 aromatic rings. The molecule has 1 aromatic heterocycles. The molecule has 6 rings (SSSR count). The molecule has 0 amide bonds. The molecule has 0 radical (unpaired) electrons. The number of likely N-dealkylation sites (tertiary alicyclic amines) is 1. The number of rotatable bonds is 7. The summed E-state index contributed by atoms with van der Waals surface area (Å²) < 4.78 is 12.8. The van der Waals surface area contributed by atoms with Crippen molar-refractivity contribution >= 4 is 11.1 Å². The first-order chi connectivity index (χ1) is 19.9. The van der Waals surface area contributed by atoms with Gasteiger partial charge in [-0.25, -0.2) is 9.97 Å². The van der Waals surface area contributed by atoms with Crippen LogP contribution in [0.25, 0.3) is 22.5 Å². The fourth-order valence-corrected chi connectivity index (χ4v) is 5.84. The van der Waals surface area contributed by atoms with Crippen molar-refractivity contribution in [1.82, 2.24) is 14.9 Å². The van der Waals surface area contributed by atoms with Crippen LogP contribution in [0.15, 0.2) is 79.1 Å². The normalized spacial score (nSPS) is 19.5. The summed E-state index contributed by atoms with van der Waals surface area (Å²) in [6.07, 6.45) is 4.60. The molecule has 210 valence electrons. The third-order valence-electron chi connectivity index (χ3n) is 8.24. The van der Waals surface area contributed by atoms with Gasteiger partial charge >= 0.3 is 0 Å². The van der Waals surface area contributed by atoms with Crippen molar-refractivity contribution < 1.29 is 14.6 Å². The van der Waals surface area contributed by atoms with Crippen LogP contribution in [0.5, 0.6) is 17.2 Å². The summed E-state index contributed by atoms with van der Waals surface area (Å²) in [6, 6.07) is 22.2. The molecule has 0 saturated carbocycles. The van der Waals surface area contributed by atoms with E-state index in [0.717, 1.165) is 69.5 Å². The van der Waals surface area contributed by atoms with Crippen LogP contribution in [0.4, 0.5) is 0 Å². The highest BCUT2D eigenvalue weighted by Gasteiger charge is 2.30. The number of aromatic nitrogens is 2. The molecule has 1 unspecified atom stereocenters. The quantitative estimate of drug-likeness (QED) is 0.261. The van der Waals surface area contributed by atoms with Crippen LogP contribution < -0.4 is 9.47 Å². The zero-order chi connectivity index (χ0) is 28.5. The van der Waals surface area contributed by atoms with Gasteiger partial charge in [0.05, 0.1) is 0 Å². The summed E-state index contributed by atoms with van der Waals surface area (Å²) in [5.41, 5.74) is 7.01. The molecule has 0 aliphatic carbocycles. The van der Waals surface area contributed by atoms with Gasteiger partial charge in [0, 0.05) is 41.7 Å². The maximum Gasteiger partial charge on any atom is 0.159 e. The SMILES string of the molecule is CC1=C(c2cccc(-c3ncc(C)cn3)c2)C(c2ccc(OC[C@H](C)N3CC[C@@H](C)C3)cc2)Oc2ccc(O)cc21. The second-order valence-corrected chi connectivity index (χ2v) is 11.5. The van der Waals surface area contributed by atoms with Crippen molar-refractivity contribution in [3.05, 3.63) is 101 Å². The molecule has 3 aromatic carbocycles. The lowest BCUT2D eigenvalue weighted by Crippen LogP contribution is -2.35. The lowest BCUT2D eigenvalue weighted by Gasteiger charge is -2.31. The van der Waals surface area contributed by atoms with E-state index in [2.05, 4.69) is 59.9 Å². The fourth-order valence-electron chi connectivity index (χ4n) is 5.84. The molecule has 3 heterocycles. The van der Waals surface area contributed by atoms with Crippen molar-refractivity contribution in [3.63, 3.8) is 0 Å². The van der Waals surface area contributed by atoms with E-state index in [4.69, 9.17) is 9.47 Å². The Morgan fingerprint density at radius 2 is 1.76 bits per heavy atom. The number of nitrogens with zero attached hydrogens (tertiary/aromatic N) is 3. The number of benzene rings is 3. The molecule has 6 nitrogen and oxygen atoms in total. The van der Waals surface area contributed by atoms with Crippen LogP contribution in [0, 0.1) is 12.8 Å². The predicted molar refractivity (Wildman–Crippen MR) is 163 cm³/mol. The van der Waals surface area contributed by atoms with E-state index in [-0.39, 0.29) is 11.9 Å². The van der Waals surface area contributed by atoms with E-state index in [1.807, 2.05) is 49.6 Å². The molecule has 1 N–H and O–H groups in total. The number of phenolic OH excluding ortho intramolecular Hbond substituents is 1. The third kappa shape index (κ3) is 5.70. The lowest BCUT2D eigenvalue weighted by atomic mass is 9.85. The standard InChI is InChI=1S/C35H37N3O3/c1-22-14-15-38(20-22)24(3)21-40-30-11-8-26(9-12-30)34-33(25(4)31-17-29(39)10-13-32(31)41-34)27-6-5-7-28(16-27)35-36-18-23(2)19-37-35/h5-13,16-19,22,24,34,39H,14-15,20-21H2,1-4H3/t22-,24+,34?/m1/s1. The molecule has 0 spiro atoms. The van der Waals surface area contributed by atoms with Crippen molar-refractivity contribution in [2.24, 2.45) is 5.92 Å². The van der Waals surface area contributed by atoms with E-state index >= 15 is 0 Å². The van der Waals surface area contributed by atoms with Crippen molar-refractivity contribution in [3.8, 4) is 28.6 Å². The van der Waals surface area contributed by atoms with Crippen LogP contribution in [0.2, 0.25) is 0 Å². The summed E-state index contributed by atoms with van der Waals surface area (Å²) >= 11 is 0. The van der Waals surface area contributed by atoms with Crippen molar-refractivity contribution in [1.29, 1.82) is 0 Å². The molecule has 41 heavy (non-hydrogen) atoms. The Labute approximate surface area is 242 Å². The van der Waals surface area contributed by atoms with Gasteiger partial charge in [0.15, 0.2) is 5.82 Å². The fraction of sp³-hybridized carbons (Fsp3) is 0.314. The number of ether oxygens (including phenoxy) is 2. The first kappa shape index (κ1) is 27.0. The second kappa shape index (κ2) is 11.4. The van der Waals surface area contributed by atoms with Gasteiger partial charge in [-0.1, -0.05) is 37.3 Å². The van der Waals surface area contributed by atoms with Crippen LogP contribution in [-0.4, -0.2) is 45.7 Å². The molecule has 2 aliphatic heterocycles. The number of aryl methyl sites for hydroxylation is 1. The summed E-state index contributed by atoms with van der Waals surface area (Å²) in [6.45, 7) is 11.6. The van der Waals surface area contributed by atoms with E-state index in [0.29, 0.717) is 18.5 Å². The number of hydrogen-bond acceptors (Lipinski definition) is 6. The third-order valence-corrected chi connectivity index (χ3v) is 8.24. The minimum absolute atomic E-state index is 0.213. The largest absolute Gasteiger partial charge is 0.508 e. The highest BCUT2D eigenvalue weighted by molar-refractivity contribution is 5.96. The Balaban J connectivity index is 1.31. The van der Waals surface area contributed by atoms with Gasteiger partial charge in [-0.15, -0.1) is 0 Å². The zero-order valence-electron chi connectivity index (χ0n) is 24.2. The average Bonchev–Trinajstić information content (AvgIpc) is 3.43. The molecular formula is C35H37N3O3. The number of phenols is 1. The number of allylic oxidation sites excluding steroid dienone is 1. The van der Waals surface area contributed by atoms with E-state index in [1.165, 1.54) is 6.42 Å². The van der Waals surface area contributed by atoms with Crippen LogP contribution >= 0.6 is 0 Å². The second-order valence-electron chi connectivity index (χ2n) is 11.5. The predicted octanol–water partition coefficient (Wildman–Crippen LogP) is 7.33. The van der Waals surface area contributed by atoms with Gasteiger partial charge in [-0.3, -0.25) is 4.90 Å². The summed E-state index contributed by atoms with van der Waals surface area (Å²) in [5, 5.41) is 10.3. The van der Waals surface area contributed by atoms with Gasteiger partial charge < -0.3 is 14.6 Å². The number of aromatic hydroxyl groups is 1. The Hall–Kier alpha value is -4.16. The Morgan fingerprint density at radius 1 is 1.00 bits per heavy atom. The van der Waals surface area contributed by atoms with Gasteiger partial charge in [0.25, 0.3) is 0 Å². The van der Waals surface area contributed by atoms with Crippen LogP contribution in [0.1, 0.15) is 55.5 Å². The van der Waals surface area contributed by atoms with Gasteiger partial charge in [-0.05, 0) is 98.3 Å². The molecule has 6 heteroatoms. The molecule has 2 aliphatic rings. The summed E-state index contributed by atoms with van der Waals surface area (Å²) in [5.74, 6) is 3.26. The van der Waals surface area contributed by atoms with E-state index in [9.17, 15) is 5.11 Å². The van der Waals surface area contributed by atoms with Crippen LogP contribution in [0.3, 0.4) is 0 Å². The summed E-state index contributed by atoms with van der Waals surface area (Å²) in [4.78, 5) is 11.6. The monoisotopic (exact) mass is 547 g/mol. The average molecular weight is 548 g/mol. The van der Waals surface area contributed by atoms with E-state index in [1.54, 1.807) is 12.1 Å². The maximum absolute atomic E-state index is 10.3. The van der Waals surface area contributed by atoms with E-state index < -0.39 is 0 Å². The van der Waals surface area contributed by atoms with Gasteiger partial charge in [-0.2, -0.15) is 0 Å². The minimum atomic E-state index is -0.333. The highest BCUT2D eigenvalue weighted by Crippen LogP contribution is 2.47. The lowest BCUT2D eigenvalue weighted by molar-refractivity contribution is 0.169. The van der Waals surface area contributed by atoms with Crippen molar-refractivity contribution in [2.75, 3.05) is 19.7 Å². The highest BCUT2D eigenvalue weighted by atomic mass is 16.5. The van der Waals surface area contributed by atoms with Crippen molar-refractivity contribution in [2.45, 2.75) is 46.3 Å². The zero-order valence-corrected chi connectivity index (χ0v) is 24.2. The molecule has 0 bridgehead atoms. The molecule has 3 atom stereocenters. The smallest absolute Gasteiger partial charge is 0.159 e. The molecule has 1 saturated heterocycles. The number of fused-ring (bicyclic) bond motifs is 1. The molecular weight excluding hydrogens is 510 g/mol. The topological polar surface area (TPSA) is 67.7 Å². The Kier molecular flexibility index (Phi) is 7.50. The van der Waals surface area contributed by atoms with Crippen LogP contribution in [-0.2, 0) is 0 Å². The van der Waals surface area contributed by atoms with Gasteiger partial charge in [0.1, 0.15) is 30.0 Å².